The second-order valence-corrected chi connectivity index (χ2v) is 2.61. The molecular weight excluding hydrogens is 203 g/mol. The van der Waals surface area contributed by atoms with Crippen LogP contribution in [0.2, 0.25) is 0 Å². The van der Waals surface area contributed by atoms with Gasteiger partial charge in [0.2, 0.25) is 0 Å². The molecule has 1 heteroatoms. The Kier molecular flexibility index (Phi) is 7.34. The molecular formula is C12H14Ni. The van der Waals surface area contributed by atoms with Gasteiger partial charge in [-0.15, -0.1) is 0 Å². The SMILES string of the molecule is CCc1ccc[cH-]1.[Ni+2].c1cc[cH-]c1. The smallest absolute Gasteiger partial charge is 0.214 e. The van der Waals surface area contributed by atoms with Gasteiger partial charge in [-0.1, -0.05) is 13.3 Å². The van der Waals surface area contributed by atoms with Crippen molar-refractivity contribution in [3.63, 3.8) is 0 Å². The standard InChI is InChI=1S/C7H9.C5H5.Ni/c1-2-7-5-3-4-6-7;1-2-4-5-3-1;/h3-6H,2H2,1H3;1-5H;/q2*-1;+2. The third-order valence-corrected chi connectivity index (χ3v) is 1.70. The molecule has 0 atom stereocenters. The summed E-state index contributed by atoms with van der Waals surface area (Å²) in [5.41, 5.74) is 1.43. The molecule has 0 amide bonds. The predicted molar refractivity (Wildman–Crippen MR) is 53.4 cm³/mol. The van der Waals surface area contributed by atoms with E-state index in [1.54, 1.807) is 0 Å². The first-order valence-electron chi connectivity index (χ1n) is 4.30. The van der Waals surface area contributed by atoms with Gasteiger partial charge in [0.05, 0.1) is 0 Å². The van der Waals surface area contributed by atoms with Gasteiger partial charge in [-0.2, -0.15) is 35.9 Å². The van der Waals surface area contributed by atoms with Gasteiger partial charge in [-0.25, -0.2) is 24.3 Å². The molecule has 0 saturated carbocycles. The Morgan fingerprint density at radius 1 is 1.08 bits per heavy atom. The van der Waals surface area contributed by atoms with E-state index in [4.69, 9.17) is 0 Å². The molecule has 0 aromatic heterocycles. The van der Waals surface area contributed by atoms with Gasteiger partial charge in [0.1, 0.15) is 0 Å². The molecule has 0 saturated heterocycles. The van der Waals surface area contributed by atoms with Crippen LogP contribution in [0.4, 0.5) is 0 Å². The first kappa shape index (κ1) is 12.2. The molecule has 0 aliphatic carbocycles. The van der Waals surface area contributed by atoms with E-state index >= 15 is 0 Å². The average Bonchev–Trinajstić information content (AvgIpc) is 2.81. The van der Waals surface area contributed by atoms with E-state index in [0.29, 0.717) is 0 Å². The fourth-order valence-electron chi connectivity index (χ4n) is 0.970. The second kappa shape index (κ2) is 7.82. The summed E-state index contributed by atoms with van der Waals surface area (Å²) in [5, 5.41) is 0. The van der Waals surface area contributed by atoms with Crippen LogP contribution in [0.1, 0.15) is 12.5 Å². The van der Waals surface area contributed by atoms with Gasteiger partial charge in [0.25, 0.3) is 0 Å². The molecule has 2 aromatic carbocycles. The van der Waals surface area contributed by atoms with Gasteiger partial charge in [0.15, 0.2) is 0 Å². The Labute approximate surface area is 90.2 Å². The summed E-state index contributed by atoms with van der Waals surface area (Å²) in [6, 6.07) is 18.4. The molecule has 0 N–H and O–H groups in total. The van der Waals surface area contributed by atoms with Crippen molar-refractivity contribution < 1.29 is 16.5 Å². The van der Waals surface area contributed by atoms with Crippen molar-refractivity contribution in [2.75, 3.05) is 0 Å². The summed E-state index contributed by atoms with van der Waals surface area (Å²) in [6.45, 7) is 2.16. The second-order valence-electron chi connectivity index (χ2n) is 2.61. The summed E-state index contributed by atoms with van der Waals surface area (Å²) in [7, 11) is 0. The van der Waals surface area contributed by atoms with Crippen LogP contribution in [-0.4, -0.2) is 0 Å². The topological polar surface area (TPSA) is 0 Å². The number of hydrogen-bond donors (Lipinski definition) is 0. The predicted octanol–water partition coefficient (Wildman–Crippen LogP) is 3.37. The van der Waals surface area contributed by atoms with E-state index in [1.165, 1.54) is 5.56 Å². The molecule has 0 radical (unpaired) electrons. The third kappa shape index (κ3) is 5.44. The Bertz CT molecular complexity index is 236. The first-order chi connectivity index (χ1) is 5.93. The maximum Gasteiger partial charge on any atom is 2.00 e. The fraction of sp³-hybridized carbons (Fsp3) is 0.167. The normalized spacial score (nSPS) is 8.08. The molecule has 2 aromatic rings. The van der Waals surface area contributed by atoms with Crippen molar-refractivity contribution in [2.24, 2.45) is 0 Å². The van der Waals surface area contributed by atoms with Crippen LogP contribution in [0.25, 0.3) is 0 Å². The Balaban J connectivity index is 0.000000215. The molecule has 13 heavy (non-hydrogen) atoms. The largest absolute Gasteiger partial charge is 2.00 e. The molecule has 0 nitrogen and oxygen atoms in total. The third-order valence-electron chi connectivity index (χ3n) is 1.70. The summed E-state index contributed by atoms with van der Waals surface area (Å²) in [5.74, 6) is 0. The van der Waals surface area contributed by atoms with Crippen LogP contribution in [0, 0.1) is 0 Å². The van der Waals surface area contributed by atoms with Gasteiger partial charge in [0, 0.05) is 0 Å². The van der Waals surface area contributed by atoms with Crippen molar-refractivity contribution in [3.05, 3.63) is 60.2 Å². The molecule has 0 fully saturated rings. The maximum absolute atomic E-state index is 2.16. The molecule has 0 unspecified atom stereocenters. The molecule has 0 aliphatic rings. The van der Waals surface area contributed by atoms with Crippen LogP contribution >= 0.6 is 0 Å². The minimum Gasteiger partial charge on any atom is -0.214 e. The molecule has 72 valence electrons. The van der Waals surface area contributed by atoms with Crippen molar-refractivity contribution in [3.8, 4) is 0 Å². The van der Waals surface area contributed by atoms with Crippen LogP contribution < -0.4 is 0 Å². The van der Waals surface area contributed by atoms with Gasteiger partial charge >= 0.3 is 16.5 Å². The van der Waals surface area contributed by atoms with Gasteiger partial charge < -0.3 is 0 Å². The Hall–Kier alpha value is -0.806. The van der Waals surface area contributed by atoms with E-state index in [2.05, 4.69) is 31.2 Å². The van der Waals surface area contributed by atoms with E-state index in [-0.39, 0.29) is 16.5 Å². The van der Waals surface area contributed by atoms with Crippen LogP contribution in [0.5, 0.6) is 0 Å². The Morgan fingerprint density at radius 3 is 2.00 bits per heavy atom. The molecule has 0 aliphatic heterocycles. The average molecular weight is 217 g/mol. The van der Waals surface area contributed by atoms with Crippen LogP contribution in [-0.2, 0) is 22.9 Å². The van der Waals surface area contributed by atoms with E-state index in [1.807, 2.05) is 30.3 Å². The van der Waals surface area contributed by atoms with Crippen LogP contribution in [0.15, 0.2) is 54.6 Å². The fourth-order valence-corrected chi connectivity index (χ4v) is 0.970. The first-order valence-corrected chi connectivity index (χ1v) is 4.30. The molecule has 0 heterocycles. The monoisotopic (exact) mass is 216 g/mol. The maximum atomic E-state index is 2.16. The quantitative estimate of drug-likeness (QED) is 0.507. The van der Waals surface area contributed by atoms with Gasteiger partial charge in [-0.3, -0.25) is 0 Å². The minimum absolute atomic E-state index is 0. The number of hydrogen-bond acceptors (Lipinski definition) is 0. The van der Waals surface area contributed by atoms with Crippen molar-refractivity contribution >= 4 is 0 Å². The summed E-state index contributed by atoms with van der Waals surface area (Å²) in [4.78, 5) is 0. The van der Waals surface area contributed by atoms with E-state index < -0.39 is 0 Å². The number of aryl methyl sites for hydroxylation is 1. The zero-order valence-corrected chi connectivity index (χ0v) is 8.71. The molecule has 2 rings (SSSR count). The van der Waals surface area contributed by atoms with Crippen molar-refractivity contribution in [2.45, 2.75) is 13.3 Å². The van der Waals surface area contributed by atoms with Crippen LogP contribution in [0.3, 0.4) is 0 Å². The summed E-state index contributed by atoms with van der Waals surface area (Å²) in [6.07, 6.45) is 1.16. The van der Waals surface area contributed by atoms with Crippen molar-refractivity contribution in [1.29, 1.82) is 0 Å². The van der Waals surface area contributed by atoms with Crippen molar-refractivity contribution in [1.82, 2.24) is 0 Å². The van der Waals surface area contributed by atoms with E-state index in [9.17, 15) is 0 Å². The number of rotatable bonds is 1. The van der Waals surface area contributed by atoms with E-state index in [0.717, 1.165) is 6.42 Å². The molecule has 0 bridgehead atoms. The summed E-state index contributed by atoms with van der Waals surface area (Å²) >= 11 is 0. The Morgan fingerprint density at radius 2 is 1.77 bits per heavy atom. The molecule has 0 spiro atoms. The zero-order chi connectivity index (χ0) is 8.65. The van der Waals surface area contributed by atoms with Gasteiger partial charge in [-0.05, 0) is 0 Å². The zero-order valence-electron chi connectivity index (χ0n) is 7.72. The summed E-state index contributed by atoms with van der Waals surface area (Å²) < 4.78 is 0. The minimum atomic E-state index is 0.